The van der Waals surface area contributed by atoms with Crippen molar-refractivity contribution in [2.45, 2.75) is 13.8 Å². The van der Waals surface area contributed by atoms with Gasteiger partial charge in [-0.05, 0) is 37.6 Å². The number of methoxy groups -OCH3 is 2. The molecule has 0 aliphatic carbocycles. The summed E-state index contributed by atoms with van der Waals surface area (Å²) >= 11 is 0. The molecule has 1 aliphatic rings. The van der Waals surface area contributed by atoms with Crippen molar-refractivity contribution in [1.29, 1.82) is 0 Å². The van der Waals surface area contributed by atoms with Gasteiger partial charge >= 0.3 is 0 Å². The Morgan fingerprint density at radius 1 is 0.923 bits per heavy atom. The lowest BCUT2D eigenvalue weighted by Gasteiger charge is -2.37. The predicted octanol–water partition coefficient (Wildman–Crippen LogP) is 3.28. The second-order valence-corrected chi connectivity index (χ2v) is 6.61. The number of nitrogens with zero attached hydrogens (tertiary/aromatic N) is 2. The lowest BCUT2D eigenvalue weighted by molar-refractivity contribution is 0.0740. The Balaban J connectivity index is 1.75. The molecule has 2 aromatic rings. The van der Waals surface area contributed by atoms with E-state index in [2.05, 4.69) is 36.9 Å². The van der Waals surface area contributed by atoms with E-state index in [0.29, 0.717) is 30.2 Å². The maximum absolute atomic E-state index is 13.1. The van der Waals surface area contributed by atoms with Crippen LogP contribution in [0.5, 0.6) is 11.5 Å². The molecule has 0 unspecified atom stereocenters. The summed E-state index contributed by atoms with van der Waals surface area (Å²) in [6.45, 7) is 7.22. The highest BCUT2D eigenvalue weighted by atomic mass is 16.5. The molecule has 2 aromatic carbocycles. The zero-order valence-corrected chi connectivity index (χ0v) is 15.9. The smallest absolute Gasteiger partial charge is 0.261 e. The third kappa shape index (κ3) is 3.47. The van der Waals surface area contributed by atoms with Crippen molar-refractivity contribution in [2.75, 3.05) is 45.3 Å². The van der Waals surface area contributed by atoms with Crippen LogP contribution in [-0.2, 0) is 0 Å². The van der Waals surface area contributed by atoms with Crippen LogP contribution in [-0.4, -0.2) is 51.2 Å². The zero-order valence-electron chi connectivity index (χ0n) is 15.9. The predicted molar refractivity (Wildman–Crippen MR) is 104 cm³/mol. The van der Waals surface area contributed by atoms with Crippen molar-refractivity contribution in [2.24, 2.45) is 0 Å². The number of rotatable bonds is 4. The normalized spacial score (nSPS) is 14.3. The molecule has 0 saturated carbocycles. The number of ether oxygens (including phenoxy) is 2. The molecule has 0 N–H and O–H groups in total. The fraction of sp³-hybridized carbons (Fsp3) is 0.381. The van der Waals surface area contributed by atoms with Crippen LogP contribution in [0, 0.1) is 13.8 Å². The molecule has 0 atom stereocenters. The number of hydrogen-bond acceptors (Lipinski definition) is 4. The van der Waals surface area contributed by atoms with E-state index in [1.807, 2.05) is 11.0 Å². The van der Waals surface area contributed by atoms with Gasteiger partial charge in [0, 0.05) is 31.9 Å². The van der Waals surface area contributed by atoms with Crippen LogP contribution in [0.25, 0.3) is 0 Å². The van der Waals surface area contributed by atoms with Gasteiger partial charge in [-0.3, -0.25) is 4.79 Å². The Labute approximate surface area is 155 Å². The molecule has 1 fully saturated rings. The number of carbonyl (C=O) groups excluding carboxylic acids is 1. The van der Waals surface area contributed by atoms with Crippen LogP contribution in [0.3, 0.4) is 0 Å². The first-order valence-corrected chi connectivity index (χ1v) is 8.87. The topological polar surface area (TPSA) is 42.0 Å². The quantitative estimate of drug-likeness (QED) is 0.845. The second-order valence-electron chi connectivity index (χ2n) is 6.61. The van der Waals surface area contributed by atoms with Gasteiger partial charge in [0.15, 0.2) is 0 Å². The first-order valence-electron chi connectivity index (χ1n) is 8.87. The molecule has 0 aromatic heterocycles. The summed E-state index contributed by atoms with van der Waals surface area (Å²) < 4.78 is 10.8. The molecule has 5 heteroatoms. The Morgan fingerprint density at radius 2 is 1.54 bits per heavy atom. The van der Waals surface area contributed by atoms with Gasteiger partial charge in [-0.25, -0.2) is 0 Å². The average molecular weight is 354 g/mol. The molecule has 138 valence electrons. The summed E-state index contributed by atoms with van der Waals surface area (Å²) in [6, 6.07) is 11.9. The van der Waals surface area contributed by atoms with Crippen LogP contribution >= 0.6 is 0 Å². The van der Waals surface area contributed by atoms with Gasteiger partial charge < -0.3 is 19.3 Å². The summed E-state index contributed by atoms with van der Waals surface area (Å²) in [7, 11) is 3.15. The van der Waals surface area contributed by atoms with Crippen molar-refractivity contribution in [1.82, 2.24) is 4.90 Å². The highest BCUT2D eigenvalue weighted by Gasteiger charge is 2.27. The van der Waals surface area contributed by atoms with E-state index in [-0.39, 0.29) is 5.91 Å². The minimum atomic E-state index is -0.0421. The Morgan fingerprint density at radius 3 is 2.08 bits per heavy atom. The van der Waals surface area contributed by atoms with E-state index in [1.165, 1.54) is 16.8 Å². The highest BCUT2D eigenvalue weighted by Crippen LogP contribution is 2.30. The number of hydrogen-bond donors (Lipinski definition) is 0. The van der Waals surface area contributed by atoms with Crippen LogP contribution in [0.1, 0.15) is 21.5 Å². The van der Waals surface area contributed by atoms with E-state index >= 15 is 0 Å². The third-order valence-corrected chi connectivity index (χ3v) is 4.90. The van der Waals surface area contributed by atoms with Gasteiger partial charge in [-0.1, -0.05) is 23.8 Å². The maximum atomic E-state index is 13.1. The van der Waals surface area contributed by atoms with E-state index in [4.69, 9.17) is 9.47 Å². The average Bonchev–Trinajstić information content (AvgIpc) is 2.67. The fourth-order valence-corrected chi connectivity index (χ4v) is 3.53. The molecule has 1 amide bonds. The summed E-state index contributed by atoms with van der Waals surface area (Å²) in [4.78, 5) is 17.3. The van der Waals surface area contributed by atoms with Crippen molar-refractivity contribution in [3.05, 3.63) is 53.1 Å². The first-order chi connectivity index (χ1) is 12.5. The van der Waals surface area contributed by atoms with Crippen LogP contribution < -0.4 is 14.4 Å². The number of carbonyl (C=O) groups is 1. The number of anilines is 1. The fourth-order valence-electron chi connectivity index (χ4n) is 3.53. The molecule has 0 bridgehead atoms. The molecule has 5 nitrogen and oxygen atoms in total. The van der Waals surface area contributed by atoms with Gasteiger partial charge in [-0.15, -0.1) is 0 Å². The molecule has 1 saturated heterocycles. The van der Waals surface area contributed by atoms with Gasteiger partial charge in [-0.2, -0.15) is 0 Å². The zero-order chi connectivity index (χ0) is 18.7. The Bertz CT molecular complexity index is 774. The summed E-state index contributed by atoms with van der Waals surface area (Å²) in [5, 5.41) is 0. The Hall–Kier alpha value is -2.69. The lowest BCUT2D eigenvalue weighted by atomic mass is 10.1. The highest BCUT2D eigenvalue weighted by molar-refractivity contribution is 5.99. The maximum Gasteiger partial charge on any atom is 0.261 e. The summed E-state index contributed by atoms with van der Waals surface area (Å²) in [6.07, 6.45) is 0. The monoisotopic (exact) mass is 354 g/mol. The molecule has 0 radical (unpaired) electrons. The van der Waals surface area contributed by atoms with E-state index in [9.17, 15) is 4.79 Å². The van der Waals surface area contributed by atoms with Crippen molar-refractivity contribution in [3.8, 4) is 11.5 Å². The summed E-state index contributed by atoms with van der Waals surface area (Å²) in [5.41, 5.74) is 4.29. The molecular formula is C21H26N2O3. The first kappa shape index (κ1) is 18.1. The van der Waals surface area contributed by atoms with Crippen LogP contribution in [0.2, 0.25) is 0 Å². The van der Waals surface area contributed by atoms with E-state index in [0.717, 1.165) is 13.1 Å². The molecule has 3 rings (SSSR count). The number of piperazine rings is 1. The molecule has 1 heterocycles. The van der Waals surface area contributed by atoms with Crippen LogP contribution in [0.4, 0.5) is 5.69 Å². The molecule has 1 aliphatic heterocycles. The SMILES string of the molecule is COc1cccc(OC)c1C(=O)N1CCN(c2ccc(C)cc2C)CC1. The molecule has 26 heavy (non-hydrogen) atoms. The second kappa shape index (κ2) is 7.68. The van der Waals surface area contributed by atoms with E-state index in [1.54, 1.807) is 26.4 Å². The lowest BCUT2D eigenvalue weighted by Crippen LogP contribution is -2.49. The Kier molecular flexibility index (Phi) is 5.35. The number of aryl methyl sites for hydroxylation is 2. The van der Waals surface area contributed by atoms with E-state index < -0.39 is 0 Å². The van der Waals surface area contributed by atoms with Crippen molar-refractivity contribution in [3.63, 3.8) is 0 Å². The minimum Gasteiger partial charge on any atom is -0.496 e. The van der Waals surface area contributed by atoms with Crippen LogP contribution in [0.15, 0.2) is 36.4 Å². The van der Waals surface area contributed by atoms with Gasteiger partial charge in [0.1, 0.15) is 17.1 Å². The number of benzene rings is 2. The minimum absolute atomic E-state index is 0.0421. The van der Waals surface area contributed by atoms with Gasteiger partial charge in [0.2, 0.25) is 0 Å². The summed E-state index contributed by atoms with van der Waals surface area (Å²) in [5.74, 6) is 1.05. The third-order valence-electron chi connectivity index (χ3n) is 4.90. The molecule has 0 spiro atoms. The standard InChI is InChI=1S/C21H26N2O3/c1-15-8-9-17(16(2)14-15)22-10-12-23(13-11-22)21(24)20-18(25-3)6-5-7-19(20)26-4/h5-9,14H,10-13H2,1-4H3. The largest absolute Gasteiger partial charge is 0.496 e. The van der Waals surface area contributed by atoms with Crippen molar-refractivity contribution < 1.29 is 14.3 Å². The van der Waals surface area contributed by atoms with Crippen molar-refractivity contribution >= 4 is 11.6 Å². The number of amides is 1. The van der Waals surface area contributed by atoms with Gasteiger partial charge in [0.25, 0.3) is 5.91 Å². The molecular weight excluding hydrogens is 328 g/mol. The van der Waals surface area contributed by atoms with Gasteiger partial charge in [0.05, 0.1) is 14.2 Å².